The van der Waals surface area contributed by atoms with Crippen LogP contribution in [0.1, 0.15) is 0 Å². The van der Waals surface area contributed by atoms with Crippen LogP contribution in [0.5, 0.6) is 11.5 Å². The normalized spacial score (nSPS) is 14.6. The summed E-state index contributed by atoms with van der Waals surface area (Å²) >= 11 is 0. The second-order valence-electron chi connectivity index (χ2n) is 7.46. The van der Waals surface area contributed by atoms with Crippen molar-refractivity contribution in [2.24, 2.45) is 0 Å². The van der Waals surface area contributed by atoms with Crippen molar-refractivity contribution in [2.75, 3.05) is 45.3 Å². The molecule has 0 atom stereocenters. The van der Waals surface area contributed by atoms with E-state index in [1.165, 1.54) is 28.6 Å². The number of nitro groups is 1. The number of aromatic nitrogens is 2. The number of hydrogen-bond acceptors (Lipinski definition) is 9. The smallest absolute Gasteiger partial charge is 0.289 e. The molecule has 178 valence electrons. The van der Waals surface area contributed by atoms with Crippen LogP contribution in [-0.2, 0) is 10.0 Å². The molecule has 0 saturated carbocycles. The number of nitro benzene ring substituents is 1. The molecular formula is C22H23N5O6S. The Balaban J connectivity index is 1.49. The van der Waals surface area contributed by atoms with Gasteiger partial charge in [-0.25, -0.2) is 8.42 Å². The van der Waals surface area contributed by atoms with Gasteiger partial charge in [0.25, 0.3) is 5.69 Å². The third kappa shape index (κ3) is 4.50. The number of anilines is 1. The molecule has 2 heterocycles. The molecule has 3 aromatic rings. The molecule has 0 spiro atoms. The second kappa shape index (κ2) is 9.61. The van der Waals surface area contributed by atoms with Crippen LogP contribution >= 0.6 is 0 Å². The first-order chi connectivity index (χ1) is 16.3. The highest BCUT2D eigenvalue weighted by Gasteiger charge is 2.33. The Hall–Kier alpha value is -3.77. The standard InChI is InChI=1S/C22H23N5O6S/c1-32-16-7-9-20(33-2)17(15-16)18-8-10-22(24-23-18)25-11-13-26(14-12-25)34(30,31)21-6-4-3-5-19(21)27(28)29/h3-10,15H,11-14H2,1-2H3. The third-order valence-corrected chi connectivity index (χ3v) is 7.52. The van der Waals surface area contributed by atoms with Gasteiger partial charge in [0.1, 0.15) is 11.5 Å². The van der Waals surface area contributed by atoms with E-state index in [0.717, 1.165) is 5.56 Å². The van der Waals surface area contributed by atoms with Crippen LogP contribution in [0.15, 0.2) is 59.5 Å². The van der Waals surface area contributed by atoms with E-state index >= 15 is 0 Å². The number of piperazine rings is 1. The van der Waals surface area contributed by atoms with Gasteiger partial charge in [0.15, 0.2) is 10.7 Å². The average molecular weight is 486 g/mol. The number of sulfonamides is 1. The lowest BCUT2D eigenvalue weighted by atomic mass is 10.1. The molecule has 1 aromatic heterocycles. The zero-order valence-corrected chi connectivity index (χ0v) is 19.4. The van der Waals surface area contributed by atoms with Crippen LogP contribution in [-0.4, -0.2) is 68.2 Å². The van der Waals surface area contributed by atoms with Crippen LogP contribution in [0.2, 0.25) is 0 Å². The number of methoxy groups -OCH3 is 2. The maximum absolute atomic E-state index is 13.0. The molecule has 12 heteroatoms. The summed E-state index contributed by atoms with van der Waals surface area (Å²) in [6.45, 7) is 1.08. The van der Waals surface area contributed by atoms with Gasteiger partial charge in [-0.1, -0.05) is 12.1 Å². The Morgan fingerprint density at radius 3 is 2.29 bits per heavy atom. The molecular weight excluding hydrogens is 462 g/mol. The highest BCUT2D eigenvalue weighted by molar-refractivity contribution is 7.89. The van der Waals surface area contributed by atoms with Crippen molar-refractivity contribution >= 4 is 21.5 Å². The number of hydrogen-bond donors (Lipinski definition) is 0. The Morgan fingerprint density at radius 1 is 0.941 bits per heavy atom. The van der Waals surface area contributed by atoms with Gasteiger partial charge in [0.2, 0.25) is 10.0 Å². The van der Waals surface area contributed by atoms with E-state index in [0.29, 0.717) is 36.1 Å². The SMILES string of the molecule is COc1ccc(OC)c(-c2ccc(N3CCN(S(=O)(=O)c4ccccc4[N+](=O)[O-])CC3)nn2)c1. The summed E-state index contributed by atoms with van der Waals surface area (Å²) in [5.41, 5.74) is 0.915. The van der Waals surface area contributed by atoms with E-state index in [1.807, 2.05) is 23.1 Å². The highest BCUT2D eigenvalue weighted by Crippen LogP contribution is 2.33. The summed E-state index contributed by atoms with van der Waals surface area (Å²) in [6, 6.07) is 14.4. The van der Waals surface area contributed by atoms with Gasteiger partial charge in [-0.05, 0) is 36.4 Å². The van der Waals surface area contributed by atoms with E-state index in [-0.39, 0.29) is 18.0 Å². The minimum Gasteiger partial charge on any atom is -0.497 e. The lowest BCUT2D eigenvalue weighted by molar-refractivity contribution is -0.387. The van der Waals surface area contributed by atoms with Gasteiger partial charge in [-0.15, -0.1) is 10.2 Å². The van der Waals surface area contributed by atoms with Gasteiger partial charge < -0.3 is 14.4 Å². The topological polar surface area (TPSA) is 128 Å². The molecule has 1 fully saturated rings. The number of rotatable bonds is 7. The summed E-state index contributed by atoms with van der Waals surface area (Å²) in [6.07, 6.45) is 0. The zero-order chi connectivity index (χ0) is 24.3. The van der Waals surface area contributed by atoms with Crippen molar-refractivity contribution in [2.45, 2.75) is 4.90 Å². The molecule has 1 aliphatic rings. The Kier molecular flexibility index (Phi) is 6.61. The maximum Gasteiger partial charge on any atom is 0.289 e. The van der Waals surface area contributed by atoms with Crippen LogP contribution in [0, 0.1) is 10.1 Å². The van der Waals surface area contributed by atoms with Gasteiger partial charge in [-0.2, -0.15) is 4.31 Å². The van der Waals surface area contributed by atoms with Crippen molar-refractivity contribution in [3.8, 4) is 22.8 Å². The molecule has 34 heavy (non-hydrogen) atoms. The summed E-state index contributed by atoms with van der Waals surface area (Å²) in [4.78, 5) is 12.2. The Morgan fingerprint density at radius 2 is 1.68 bits per heavy atom. The molecule has 4 rings (SSSR count). The van der Waals surface area contributed by atoms with Crippen molar-refractivity contribution < 1.29 is 22.8 Å². The number of ether oxygens (including phenoxy) is 2. The van der Waals surface area contributed by atoms with Crippen molar-refractivity contribution in [1.29, 1.82) is 0 Å². The summed E-state index contributed by atoms with van der Waals surface area (Å²) in [5.74, 6) is 1.91. The predicted molar refractivity (Wildman–Crippen MR) is 125 cm³/mol. The minimum absolute atomic E-state index is 0.168. The number of para-hydroxylation sites is 1. The fourth-order valence-corrected chi connectivity index (χ4v) is 5.35. The quantitative estimate of drug-likeness (QED) is 0.366. The first-order valence-corrected chi connectivity index (χ1v) is 11.8. The molecule has 0 aliphatic carbocycles. The molecule has 0 N–H and O–H groups in total. The summed E-state index contributed by atoms with van der Waals surface area (Å²) in [5, 5.41) is 19.9. The van der Waals surface area contributed by atoms with Gasteiger partial charge in [0.05, 0.1) is 24.8 Å². The van der Waals surface area contributed by atoms with E-state index in [2.05, 4.69) is 10.2 Å². The minimum atomic E-state index is -4.00. The third-order valence-electron chi connectivity index (χ3n) is 5.58. The number of nitrogens with zero attached hydrogens (tertiary/aromatic N) is 5. The fourth-order valence-electron chi connectivity index (χ4n) is 3.77. The van der Waals surface area contributed by atoms with E-state index in [4.69, 9.17) is 9.47 Å². The van der Waals surface area contributed by atoms with Gasteiger partial charge in [0, 0.05) is 37.8 Å². The van der Waals surface area contributed by atoms with Crippen molar-refractivity contribution in [1.82, 2.24) is 14.5 Å². The molecule has 2 aromatic carbocycles. The first-order valence-electron chi connectivity index (χ1n) is 10.4. The van der Waals surface area contributed by atoms with Crippen LogP contribution in [0.25, 0.3) is 11.3 Å². The Bertz CT molecular complexity index is 1290. The Labute approximate surface area is 196 Å². The molecule has 1 aliphatic heterocycles. The van der Waals surface area contributed by atoms with Gasteiger partial charge >= 0.3 is 0 Å². The lowest BCUT2D eigenvalue weighted by Gasteiger charge is -2.34. The van der Waals surface area contributed by atoms with Gasteiger partial charge in [-0.3, -0.25) is 10.1 Å². The van der Waals surface area contributed by atoms with Crippen LogP contribution in [0.4, 0.5) is 11.5 Å². The number of benzene rings is 2. The maximum atomic E-state index is 13.0. The molecule has 0 amide bonds. The fraction of sp³-hybridized carbons (Fsp3) is 0.273. The predicted octanol–water partition coefficient (Wildman–Crippen LogP) is 2.58. The largest absolute Gasteiger partial charge is 0.497 e. The molecule has 0 unspecified atom stereocenters. The van der Waals surface area contributed by atoms with E-state index < -0.39 is 20.6 Å². The molecule has 0 radical (unpaired) electrons. The van der Waals surface area contributed by atoms with E-state index in [9.17, 15) is 18.5 Å². The van der Waals surface area contributed by atoms with Crippen molar-refractivity contribution in [3.63, 3.8) is 0 Å². The zero-order valence-electron chi connectivity index (χ0n) is 18.6. The second-order valence-corrected chi connectivity index (χ2v) is 9.37. The molecule has 11 nitrogen and oxygen atoms in total. The molecule has 1 saturated heterocycles. The van der Waals surface area contributed by atoms with Crippen molar-refractivity contribution in [3.05, 3.63) is 64.7 Å². The van der Waals surface area contributed by atoms with Crippen LogP contribution in [0.3, 0.4) is 0 Å². The summed E-state index contributed by atoms with van der Waals surface area (Å²) < 4.78 is 38.0. The van der Waals surface area contributed by atoms with Crippen LogP contribution < -0.4 is 14.4 Å². The highest BCUT2D eigenvalue weighted by atomic mass is 32.2. The summed E-state index contributed by atoms with van der Waals surface area (Å²) in [7, 11) is -0.844. The van der Waals surface area contributed by atoms with E-state index in [1.54, 1.807) is 26.4 Å². The first kappa shape index (κ1) is 23.4. The lowest BCUT2D eigenvalue weighted by Crippen LogP contribution is -2.49. The molecule has 0 bridgehead atoms. The average Bonchev–Trinajstić information content (AvgIpc) is 2.88. The monoisotopic (exact) mass is 485 g/mol.